The van der Waals surface area contributed by atoms with E-state index >= 15 is 0 Å². The predicted molar refractivity (Wildman–Crippen MR) is 210 cm³/mol. The summed E-state index contributed by atoms with van der Waals surface area (Å²) in [6, 6.07) is 63.4. The Morgan fingerprint density at radius 2 is 0.959 bits per heavy atom. The van der Waals surface area contributed by atoms with Crippen molar-refractivity contribution in [1.29, 1.82) is 0 Å². The molecule has 0 N–H and O–H groups in total. The molecule has 10 rings (SSSR count). The third kappa shape index (κ3) is 4.78. The van der Waals surface area contributed by atoms with Gasteiger partial charge in [-0.2, -0.15) is 0 Å². The van der Waals surface area contributed by atoms with Gasteiger partial charge < -0.3 is 9.32 Å². The first-order chi connectivity index (χ1) is 24.2. The molecule has 3 heteroatoms. The van der Waals surface area contributed by atoms with Crippen molar-refractivity contribution in [3.63, 3.8) is 0 Å². The van der Waals surface area contributed by atoms with Crippen LogP contribution in [0.2, 0.25) is 0 Å². The van der Waals surface area contributed by atoms with E-state index in [9.17, 15) is 0 Å². The van der Waals surface area contributed by atoms with E-state index in [1.807, 2.05) is 23.5 Å². The Labute approximate surface area is 287 Å². The Morgan fingerprint density at radius 3 is 1.80 bits per heavy atom. The van der Waals surface area contributed by atoms with Crippen molar-refractivity contribution in [2.75, 3.05) is 4.90 Å². The normalized spacial score (nSPS) is 11.7. The van der Waals surface area contributed by atoms with Gasteiger partial charge in [0.15, 0.2) is 0 Å². The van der Waals surface area contributed by atoms with Crippen LogP contribution >= 0.6 is 11.3 Å². The number of nitrogens with zero attached hydrogens (tertiary/aromatic N) is 1. The number of furan rings is 1. The largest absolute Gasteiger partial charge is 0.456 e. The topological polar surface area (TPSA) is 16.4 Å². The molecular formula is C46H29NOS. The first kappa shape index (κ1) is 27.9. The van der Waals surface area contributed by atoms with Gasteiger partial charge in [0.05, 0.1) is 0 Å². The van der Waals surface area contributed by atoms with Gasteiger partial charge in [0, 0.05) is 54.1 Å². The number of rotatable bonds is 5. The summed E-state index contributed by atoms with van der Waals surface area (Å²) < 4.78 is 9.02. The summed E-state index contributed by atoms with van der Waals surface area (Å²) in [7, 11) is 0. The van der Waals surface area contributed by atoms with Crippen LogP contribution in [0, 0.1) is 0 Å². The number of fused-ring (bicyclic) bond motifs is 7. The minimum Gasteiger partial charge on any atom is -0.456 e. The third-order valence-corrected chi connectivity index (χ3v) is 10.8. The van der Waals surface area contributed by atoms with Gasteiger partial charge in [-0.1, -0.05) is 103 Å². The molecule has 0 aliphatic carbocycles. The molecule has 0 spiro atoms. The van der Waals surface area contributed by atoms with Crippen molar-refractivity contribution in [3.8, 4) is 22.3 Å². The summed E-state index contributed by atoms with van der Waals surface area (Å²) in [6.45, 7) is 0. The van der Waals surface area contributed by atoms with Crippen LogP contribution in [0.3, 0.4) is 0 Å². The number of benzene rings is 8. The summed E-state index contributed by atoms with van der Waals surface area (Å²) >= 11 is 1.85. The maximum absolute atomic E-state index is 6.38. The van der Waals surface area contributed by atoms with E-state index in [-0.39, 0.29) is 0 Å². The molecule has 2 aromatic heterocycles. The van der Waals surface area contributed by atoms with Crippen molar-refractivity contribution >= 4 is 81.3 Å². The van der Waals surface area contributed by atoms with Crippen LogP contribution in [0.4, 0.5) is 17.1 Å². The molecule has 8 aromatic carbocycles. The summed E-state index contributed by atoms with van der Waals surface area (Å²) in [5.74, 6) is 0. The zero-order valence-corrected chi connectivity index (χ0v) is 27.3. The molecule has 0 amide bonds. The molecule has 49 heavy (non-hydrogen) atoms. The van der Waals surface area contributed by atoms with Crippen LogP contribution in [0.5, 0.6) is 0 Å². The predicted octanol–water partition coefficient (Wildman–Crippen LogP) is 13.9. The van der Waals surface area contributed by atoms with Gasteiger partial charge in [-0.25, -0.2) is 0 Å². The van der Waals surface area contributed by atoms with Crippen molar-refractivity contribution in [3.05, 3.63) is 176 Å². The summed E-state index contributed by atoms with van der Waals surface area (Å²) in [4.78, 5) is 2.35. The van der Waals surface area contributed by atoms with Crippen LogP contribution in [0.1, 0.15) is 0 Å². The standard InChI is InChI=1S/C46H29NOS/c1-2-10-31-25-34(20-19-30(31)9-1)32-11-7-13-36(26-32)47(38-22-23-40-39-15-3-5-17-43(39)48-44(40)29-38)37-14-8-12-33(27-37)35-21-24-46-42(28-35)41-16-4-6-18-45(41)49-46/h1-29H. The molecule has 230 valence electrons. The van der Waals surface area contributed by atoms with Crippen molar-refractivity contribution < 1.29 is 4.42 Å². The second-order valence-corrected chi connectivity index (χ2v) is 13.7. The van der Waals surface area contributed by atoms with Crippen LogP contribution < -0.4 is 4.90 Å². The summed E-state index contributed by atoms with van der Waals surface area (Å²) in [5.41, 5.74) is 9.72. The SMILES string of the molecule is c1cc(-c2ccc3ccccc3c2)cc(N(c2cccc(-c3ccc4sc5ccccc5c4c3)c2)c2ccc3c(c2)oc2ccccc23)c1. The van der Waals surface area contributed by atoms with Crippen molar-refractivity contribution in [2.45, 2.75) is 0 Å². The molecule has 0 radical (unpaired) electrons. The highest BCUT2D eigenvalue weighted by Crippen LogP contribution is 2.42. The van der Waals surface area contributed by atoms with E-state index in [1.54, 1.807) is 0 Å². The first-order valence-corrected chi connectivity index (χ1v) is 17.4. The van der Waals surface area contributed by atoms with Gasteiger partial charge in [-0.15, -0.1) is 11.3 Å². The lowest BCUT2D eigenvalue weighted by Crippen LogP contribution is -2.10. The fourth-order valence-electron chi connectivity index (χ4n) is 7.22. The Bertz CT molecular complexity index is 2860. The Kier molecular flexibility index (Phi) is 6.39. The molecule has 2 heterocycles. The first-order valence-electron chi connectivity index (χ1n) is 16.6. The van der Waals surface area contributed by atoms with Gasteiger partial charge >= 0.3 is 0 Å². The zero-order chi connectivity index (χ0) is 32.3. The molecule has 0 bridgehead atoms. The molecule has 0 atom stereocenters. The fraction of sp³-hybridized carbons (Fsp3) is 0. The maximum atomic E-state index is 6.38. The number of anilines is 3. The third-order valence-electron chi connectivity index (χ3n) is 9.62. The molecule has 0 saturated heterocycles. The molecule has 0 saturated carbocycles. The van der Waals surface area contributed by atoms with Gasteiger partial charge in [0.2, 0.25) is 0 Å². The van der Waals surface area contributed by atoms with E-state index < -0.39 is 0 Å². The van der Waals surface area contributed by atoms with E-state index in [0.717, 1.165) is 39.0 Å². The van der Waals surface area contributed by atoms with E-state index in [4.69, 9.17) is 4.42 Å². The minimum atomic E-state index is 0.875. The van der Waals surface area contributed by atoms with Gasteiger partial charge in [-0.3, -0.25) is 0 Å². The highest BCUT2D eigenvalue weighted by Gasteiger charge is 2.17. The second kappa shape index (κ2) is 11.2. The number of para-hydroxylation sites is 1. The lowest BCUT2D eigenvalue weighted by atomic mass is 10.00. The lowest BCUT2D eigenvalue weighted by molar-refractivity contribution is 0.669. The molecule has 0 fully saturated rings. The highest BCUT2D eigenvalue weighted by atomic mass is 32.1. The molecule has 0 aliphatic heterocycles. The highest BCUT2D eigenvalue weighted by molar-refractivity contribution is 7.25. The average molecular weight is 644 g/mol. The monoisotopic (exact) mass is 643 g/mol. The van der Waals surface area contributed by atoms with Crippen LogP contribution in [-0.2, 0) is 0 Å². The molecule has 0 aliphatic rings. The zero-order valence-electron chi connectivity index (χ0n) is 26.5. The maximum Gasteiger partial charge on any atom is 0.137 e. The smallest absolute Gasteiger partial charge is 0.137 e. The summed E-state index contributed by atoms with van der Waals surface area (Å²) in [6.07, 6.45) is 0. The van der Waals surface area contributed by atoms with E-state index in [0.29, 0.717) is 0 Å². The Balaban J connectivity index is 1.14. The second-order valence-electron chi connectivity index (χ2n) is 12.6. The number of hydrogen-bond acceptors (Lipinski definition) is 3. The number of thiophene rings is 1. The van der Waals surface area contributed by atoms with Crippen LogP contribution in [0.15, 0.2) is 180 Å². The van der Waals surface area contributed by atoms with Gasteiger partial charge in [0.1, 0.15) is 11.2 Å². The summed E-state index contributed by atoms with van der Waals surface area (Å²) in [5, 5.41) is 7.35. The molecule has 10 aromatic rings. The Hall–Kier alpha value is -6.16. The quantitative estimate of drug-likeness (QED) is 0.186. The number of hydrogen-bond donors (Lipinski definition) is 0. The minimum absolute atomic E-state index is 0.875. The molecule has 0 unspecified atom stereocenters. The molecular weight excluding hydrogens is 615 g/mol. The Morgan fingerprint density at radius 1 is 0.347 bits per heavy atom. The van der Waals surface area contributed by atoms with Gasteiger partial charge in [0.25, 0.3) is 0 Å². The van der Waals surface area contributed by atoms with E-state index in [1.165, 1.54) is 53.2 Å². The van der Waals surface area contributed by atoms with Gasteiger partial charge in [-0.05, 0) is 99.8 Å². The van der Waals surface area contributed by atoms with Crippen LogP contribution in [0.25, 0.3) is 75.1 Å². The fourth-order valence-corrected chi connectivity index (χ4v) is 8.31. The van der Waals surface area contributed by atoms with Crippen molar-refractivity contribution in [2.24, 2.45) is 0 Å². The average Bonchev–Trinajstić information content (AvgIpc) is 3.73. The van der Waals surface area contributed by atoms with Crippen LogP contribution in [-0.4, -0.2) is 0 Å². The van der Waals surface area contributed by atoms with E-state index in [2.05, 4.69) is 169 Å². The lowest BCUT2D eigenvalue weighted by Gasteiger charge is -2.26. The molecule has 2 nitrogen and oxygen atoms in total. The van der Waals surface area contributed by atoms with Crippen molar-refractivity contribution in [1.82, 2.24) is 0 Å².